The van der Waals surface area contributed by atoms with Crippen LogP contribution in [0.2, 0.25) is 0 Å². The van der Waals surface area contributed by atoms with E-state index in [1.54, 1.807) is 0 Å². The highest BCUT2D eigenvalue weighted by Gasteiger charge is 2.21. The van der Waals surface area contributed by atoms with Crippen LogP contribution in [0.1, 0.15) is 0 Å². The van der Waals surface area contributed by atoms with Gasteiger partial charge in [0.2, 0.25) is 0 Å². The molecule has 0 saturated carbocycles. The molecule has 0 spiro atoms. The summed E-state index contributed by atoms with van der Waals surface area (Å²) in [6.45, 7) is 0. The molecular formula is C54H36N2S. The molecule has 0 aliphatic rings. The Hall–Kier alpha value is -7.20. The second-order valence-electron chi connectivity index (χ2n) is 14.5. The summed E-state index contributed by atoms with van der Waals surface area (Å²) in [5.74, 6) is 0. The zero-order chi connectivity index (χ0) is 37.7. The number of thiophene rings is 1. The van der Waals surface area contributed by atoms with Crippen molar-refractivity contribution in [1.29, 1.82) is 0 Å². The van der Waals surface area contributed by atoms with Gasteiger partial charge in [0.1, 0.15) is 0 Å². The normalized spacial score (nSPS) is 11.5. The molecule has 0 radical (unpaired) electrons. The number of benzene rings is 9. The van der Waals surface area contributed by atoms with Gasteiger partial charge in [0.15, 0.2) is 0 Å². The third-order valence-electron chi connectivity index (χ3n) is 11.2. The summed E-state index contributed by atoms with van der Waals surface area (Å²) in [6.07, 6.45) is 0. The van der Waals surface area contributed by atoms with E-state index in [0.29, 0.717) is 0 Å². The second kappa shape index (κ2) is 13.8. The fraction of sp³-hybridized carbons (Fsp3) is 0. The van der Waals surface area contributed by atoms with Crippen LogP contribution in [-0.2, 0) is 0 Å². The monoisotopic (exact) mass is 744 g/mol. The van der Waals surface area contributed by atoms with Crippen LogP contribution in [0.15, 0.2) is 218 Å². The Morgan fingerprint density at radius 1 is 0.333 bits per heavy atom. The lowest BCUT2D eigenvalue weighted by Gasteiger charge is -2.27. The molecule has 0 bridgehead atoms. The lowest BCUT2D eigenvalue weighted by Crippen LogP contribution is -2.10. The van der Waals surface area contributed by atoms with Gasteiger partial charge in [0.25, 0.3) is 0 Å². The maximum atomic E-state index is 2.45. The van der Waals surface area contributed by atoms with Gasteiger partial charge < -0.3 is 9.47 Å². The van der Waals surface area contributed by atoms with Crippen LogP contribution < -0.4 is 4.90 Å². The first-order valence-electron chi connectivity index (χ1n) is 19.4. The van der Waals surface area contributed by atoms with Gasteiger partial charge in [-0.05, 0) is 76.9 Å². The van der Waals surface area contributed by atoms with Crippen molar-refractivity contribution >= 4 is 70.4 Å². The molecule has 2 nitrogen and oxygen atoms in total. The van der Waals surface area contributed by atoms with Crippen LogP contribution >= 0.6 is 11.3 Å². The number of fused-ring (bicyclic) bond motifs is 6. The van der Waals surface area contributed by atoms with Gasteiger partial charge in [-0.2, -0.15) is 0 Å². The van der Waals surface area contributed by atoms with Crippen molar-refractivity contribution in [2.24, 2.45) is 0 Å². The first-order valence-corrected chi connectivity index (χ1v) is 20.3. The minimum atomic E-state index is 1.09. The van der Waals surface area contributed by atoms with Crippen molar-refractivity contribution in [1.82, 2.24) is 4.57 Å². The van der Waals surface area contributed by atoms with Crippen LogP contribution in [0.5, 0.6) is 0 Å². The largest absolute Gasteiger partial charge is 0.310 e. The molecule has 0 N–H and O–H groups in total. The number of rotatable bonds is 7. The molecule has 0 aliphatic heterocycles. The Balaban J connectivity index is 1.14. The lowest BCUT2D eigenvalue weighted by molar-refractivity contribution is 1.18. The Kier molecular flexibility index (Phi) is 8.04. The van der Waals surface area contributed by atoms with Gasteiger partial charge in [-0.15, -0.1) is 11.3 Å². The molecule has 0 aliphatic carbocycles. The molecule has 2 heterocycles. The fourth-order valence-corrected chi connectivity index (χ4v) is 9.86. The Bertz CT molecular complexity index is 3230. The zero-order valence-electron chi connectivity index (χ0n) is 31.1. The summed E-state index contributed by atoms with van der Waals surface area (Å²) in [6, 6.07) is 79.3. The van der Waals surface area contributed by atoms with Gasteiger partial charge in [0.05, 0.1) is 16.7 Å². The first kappa shape index (κ1) is 33.2. The number of aromatic nitrogens is 1. The first-order chi connectivity index (χ1) is 28.3. The summed E-state index contributed by atoms with van der Waals surface area (Å²) in [5, 5.41) is 5.08. The van der Waals surface area contributed by atoms with Crippen LogP contribution in [-0.4, -0.2) is 4.57 Å². The summed E-state index contributed by atoms with van der Waals surface area (Å²) in [7, 11) is 0. The van der Waals surface area contributed by atoms with Crippen molar-refractivity contribution in [3.8, 4) is 39.1 Å². The maximum absolute atomic E-state index is 2.45. The fourth-order valence-electron chi connectivity index (χ4n) is 8.63. The van der Waals surface area contributed by atoms with E-state index in [4.69, 9.17) is 0 Å². The summed E-state index contributed by atoms with van der Waals surface area (Å²) in [4.78, 5) is 2.40. The van der Waals surface area contributed by atoms with E-state index in [1.165, 1.54) is 69.8 Å². The van der Waals surface area contributed by atoms with Crippen molar-refractivity contribution < 1.29 is 0 Å². The van der Waals surface area contributed by atoms with Crippen LogP contribution in [0.4, 0.5) is 17.1 Å². The van der Waals surface area contributed by atoms with Gasteiger partial charge >= 0.3 is 0 Å². The summed E-state index contributed by atoms with van der Waals surface area (Å²) >= 11 is 1.88. The Morgan fingerprint density at radius 2 is 0.912 bits per heavy atom. The van der Waals surface area contributed by atoms with E-state index in [2.05, 4.69) is 228 Å². The predicted molar refractivity (Wildman–Crippen MR) is 245 cm³/mol. The predicted octanol–water partition coefficient (Wildman–Crippen LogP) is 15.6. The molecule has 0 amide bonds. The lowest BCUT2D eigenvalue weighted by atomic mass is 9.92. The molecule has 9 aromatic carbocycles. The standard InChI is InChI=1S/C54H36N2S/c1-4-17-37(18-5-1)42-23-10-13-28-50(42)56-51-29-14-11-24-44(51)45-34-32-41(36-52(45)56)55(39-21-8-3-9-22-39)40-31-33-43(49(35-40)38-19-6-2-7-20-38)47-26-16-27-48-46-25-12-15-30-53(46)57-54(47)48/h1-36H. The van der Waals surface area contributed by atoms with Gasteiger partial charge in [0, 0.05) is 59.1 Å². The van der Waals surface area contributed by atoms with Crippen LogP contribution in [0, 0.1) is 0 Å². The van der Waals surface area contributed by atoms with Crippen molar-refractivity contribution in [3.05, 3.63) is 218 Å². The zero-order valence-corrected chi connectivity index (χ0v) is 31.9. The number of anilines is 3. The number of nitrogens with zero attached hydrogens (tertiary/aromatic N) is 2. The molecule has 3 heteroatoms. The molecular weight excluding hydrogens is 709 g/mol. The molecule has 0 saturated heterocycles. The van der Waals surface area contributed by atoms with Crippen LogP contribution in [0.25, 0.3) is 81.0 Å². The SMILES string of the molecule is c1ccc(-c2cc(N(c3ccccc3)c3ccc4c5ccccc5n(-c5ccccc5-c5ccccc5)c4c3)ccc2-c2cccc3c2sc2ccccc23)cc1. The molecule has 2 aromatic heterocycles. The van der Waals surface area contributed by atoms with E-state index >= 15 is 0 Å². The number of hydrogen-bond acceptors (Lipinski definition) is 2. The average molecular weight is 745 g/mol. The highest BCUT2D eigenvalue weighted by Crippen LogP contribution is 2.46. The smallest absolute Gasteiger partial charge is 0.0562 e. The summed E-state index contributed by atoms with van der Waals surface area (Å²) in [5.41, 5.74) is 14.1. The molecule has 0 fully saturated rings. The minimum absolute atomic E-state index is 1.09. The third kappa shape index (κ3) is 5.63. The molecule has 11 rings (SSSR count). The van der Waals surface area contributed by atoms with Crippen molar-refractivity contribution in [2.45, 2.75) is 0 Å². The summed E-state index contributed by atoms with van der Waals surface area (Å²) < 4.78 is 5.08. The Morgan fingerprint density at radius 3 is 1.72 bits per heavy atom. The molecule has 0 atom stereocenters. The molecule has 11 aromatic rings. The topological polar surface area (TPSA) is 8.17 Å². The van der Waals surface area contributed by atoms with Gasteiger partial charge in [-0.3, -0.25) is 0 Å². The van der Waals surface area contributed by atoms with Crippen molar-refractivity contribution in [3.63, 3.8) is 0 Å². The average Bonchev–Trinajstić information content (AvgIpc) is 3.83. The number of hydrogen-bond donors (Lipinski definition) is 0. The third-order valence-corrected chi connectivity index (χ3v) is 12.4. The molecule has 268 valence electrons. The maximum Gasteiger partial charge on any atom is 0.0562 e. The number of para-hydroxylation sites is 3. The van der Waals surface area contributed by atoms with Gasteiger partial charge in [-0.1, -0.05) is 164 Å². The van der Waals surface area contributed by atoms with Crippen LogP contribution in [0.3, 0.4) is 0 Å². The van der Waals surface area contributed by atoms with E-state index in [-0.39, 0.29) is 0 Å². The molecule has 0 unspecified atom stereocenters. The van der Waals surface area contributed by atoms with E-state index in [1.807, 2.05) is 11.3 Å². The van der Waals surface area contributed by atoms with E-state index in [0.717, 1.165) is 28.3 Å². The van der Waals surface area contributed by atoms with Gasteiger partial charge in [-0.25, -0.2) is 0 Å². The Labute approximate surface area is 335 Å². The molecule has 57 heavy (non-hydrogen) atoms. The quantitative estimate of drug-likeness (QED) is 0.158. The highest BCUT2D eigenvalue weighted by molar-refractivity contribution is 7.26. The second-order valence-corrected chi connectivity index (χ2v) is 15.5. The highest BCUT2D eigenvalue weighted by atomic mass is 32.1. The van der Waals surface area contributed by atoms with E-state index in [9.17, 15) is 0 Å². The van der Waals surface area contributed by atoms with E-state index < -0.39 is 0 Å². The minimum Gasteiger partial charge on any atom is -0.310 e. The van der Waals surface area contributed by atoms with Crippen molar-refractivity contribution in [2.75, 3.05) is 4.90 Å².